The summed E-state index contributed by atoms with van der Waals surface area (Å²) in [7, 11) is -3.57. The van der Waals surface area contributed by atoms with Gasteiger partial charge in [-0.1, -0.05) is 30.3 Å². The molecule has 4 aromatic rings. The lowest BCUT2D eigenvalue weighted by atomic mass is 9.99. The van der Waals surface area contributed by atoms with Gasteiger partial charge < -0.3 is 10.7 Å². The number of nitrogen functional groups attached to an aromatic ring is 1. The van der Waals surface area contributed by atoms with Gasteiger partial charge in [0.25, 0.3) is 0 Å². The molecule has 4 rings (SSSR count). The van der Waals surface area contributed by atoms with Gasteiger partial charge in [-0.2, -0.15) is 5.10 Å². The monoisotopic (exact) mass is 395 g/mol. The summed E-state index contributed by atoms with van der Waals surface area (Å²) in [5.74, 6) is 0.175. The number of aromatic amines is 2. The molecule has 0 amide bonds. The lowest BCUT2D eigenvalue weighted by molar-refractivity contribution is 0.588. The Balaban J connectivity index is 2.02. The Morgan fingerprint density at radius 3 is 2.46 bits per heavy atom. The lowest BCUT2D eigenvalue weighted by Gasteiger charge is -2.11. The van der Waals surface area contributed by atoms with Crippen LogP contribution >= 0.6 is 0 Å². The molecule has 2 heterocycles. The molecule has 0 saturated carbocycles. The molecule has 0 unspecified atom stereocenters. The summed E-state index contributed by atoms with van der Waals surface area (Å²) < 4.78 is 26.0. The fourth-order valence-electron chi connectivity index (χ4n) is 3.31. The van der Waals surface area contributed by atoms with Crippen molar-refractivity contribution in [1.29, 1.82) is 0 Å². The van der Waals surface area contributed by atoms with Crippen molar-refractivity contribution in [3.8, 4) is 22.4 Å². The van der Waals surface area contributed by atoms with Gasteiger partial charge in [0.2, 0.25) is 0 Å². The molecule has 0 aliphatic rings. The van der Waals surface area contributed by atoms with Crippen LogP contribution < -0.4 is 5.73 Å². The summed E-state index contributed by atoms with van der Waals surface area (Å²) in [6.45, 7) is 5.24. The standard InChI is InChI=1S/C20H21N5O2S/c1-11(2)28(26,27)16-10-14(9-15-19(16)23-20(21)22-15)18-17(12(3)24-25-18)13-7-5-4-6-8-13/h4-11H,1-3H3,(H,24,25)(H3,21,22,23). The molecule has 2 aromatic heterocycles. The Bertz CT molecular complexity index is 1270. The molecule has 0 radical (unpaired) electrons. The maximum atomic E-state index is 13.0. The first-order valence-corrected chi connectivity index (χ1v) is 10.5. The minimum atomic E-state index is -3.57. The first kappa shape index (κ1) is 18.2. The number of nitrogens with one attached hydrogen (secondary N) is 2. The van der Waals surface area contributed by atoms with Crippen molar-refractivity contribution < 1.29 is 8.42 Å². The van der Waals surface area contributed by atoms with Crippen LogP contribution in [0.3, 0.4) is 0 Å². The van der Waals surface area contributed by atoms with Crippen molar-refractivity contribution in [3.63, 3.8) is 0 Å². The molecule has 0 bridgehead atoms. The number of hydrogen-bond donors (Lipinski definition) is 3. The minimum Gasteiger partial charge on any atom is -0.369 e. The van der Waals surface area contributed by atoms with E-state index in [1.165, 1.54) is 0 Å². The Kier molecular flexibility index (Phi) is 4.23. The number of fused-ring (bicyclic) bond motifs is 1. The predicted octanol–water partition coefficient (Wildman–Crippen LogP) is 3.69. The van der Waals surface area contributed by atoms with E-state index in [0.717, 1.165) is 16.8 Å². The van der Waals surface area contributed by atoms with E-state index < -0.39 is 15.1 Å². The fraction of sp³-hybridized carbons (Fsp3) is 0.200. The SMILES string of the molecule is Cc1[nH]nc(-c2cc(S(=O)(=O)C(C)C)c3nc(N)[nH]c3c2)c1-c1ccccc1. The number of benzene rings is 2. The number of nitrogens with zero attached hydrogens (tertiary/aromatic N) is 2. The first-order chi connectivity index (χ1) is 13.3. The molecule has 0 saturated heterocycles. The van der Waals surface area contributed by atoms with Crippen molar-refractivity contribution in [1.82, 2.24) is 20.2 Å². The third kappa shape index (κ3) is 2.86. The van der Waals surface area contributed by atoms with Crippen LogP contribution in [-0.2, 0) is 9.84 Å². The highest BCUT2D eigenvalue weighted by molar-refractivity contribution is 7.92. The molecule has 7 nitrogen and oxygen atoms in total. The third-order valence-electron chi connectivity index (χ3n) is 4.78. The van der Waals surface area contributed by atoms with Crippen LogP contribution in [-0.4, -0.2) is 33.8 Å². The van der Waals surface area contributed by atoms with Gasteiger partial charge in [0.15, 0.2) is 15.8 Å². The number of nitrogens with two attached hydrogens (primary N) is 1. The molecule has 0 spiro atoms. The maximum Gasteiger partial charge on any atom is 0.198 e. The molecule has 0 aliphatic heterocycles. The van der Waals surface area contributed by atoms with Gasteiger partial charge in [0, 0.05) is 16.8 Å². The highest BCUT2D eigenvalue weighted by atomic mass is 32.2. The zero-order valence-electron chi connectivity index (χ0n) is 15.8. The molecule has 144 valence electrons. The predicted molar refractivity (Wildman–Crippen MR) is 111 cm³/mol. The number of hydrogen-bond acceptors (Lipinski definition) is 5. The summed E-state index contributed by atoms with van der Waals surface area (Å²) in [5.41, 5.74) is 10.9. The van der Waals surface area contributed by atoms with E-state index in [0.29, 0.717) is 22.3 Å². The second-order valence-electron chi connectivity index (χ2n) is 7.02. The summed E-state index contributed by atoms with van der Waals surface area (Å²) in [5, 5.41) is 6.89. The quantitative estimate of drug-likeness (QED) is 0.487. The van der Waals surface area contributed by atoms with Crippen LogP contribution in [0.5, 0.6) is 0 Å². The Labute approximate surface area is 162 Å². The second kappa shape index (κ2) is 6.49. The van der Waals surface area contributed by atoms with Crippen LogP contribution in [0.4, 0.5) is 5.95 Å². The summed E-state index contributed by atoms with van der Waals surface area (Å²) >= 11 is 0. The highest BCUT2D eigenvalue weighted by Gasteiger charge is 2.26. The van der Waals surface area contributed by atoms with Gasteiger partial charge in [-0.3, -0.25) is 5.10 Å². The highest BCUT2D eigenvalue weighted by Crippen LogP contribution is 2.36. The van der Waals surface area contributed by atoms with E-state index in [1.807, 2.05) is 43.3 Å². The molecule has 0 atom stereocenters. The minimum absolute atomic E-state index is 0.155. The second-order valence-corrected chi connectivity index (χ2v) is 9.50. The number of rotatable bonds is 4. The number of anilines is 1. The third-order valence-corrected chi connectivity index (χ3v) is 6.95. The van der Waals surface area contributed by atoms with Crippen LogP contribution in [0.1, 0.15) is 19.5 Å². The summed E-state index contributed by atoms with van der Waals surface area (Å²) in [6, 6.07) is 13.3. The van der Waals surface area contributed by atoms with Crippen LogP contribution in [0.15, 0.2) is 47.4 Å². The van der Waals surface area contributed by atoms with E-state index in [2.05, 4.69) is 20.2 Å². The lowest BCUT2D eigenvalue weighted by Crippen LogP contribution is -2.14. The number of aromatic nitrogens is 4. The van der Waals surface area contributed by atoms with Gasteiger partial charge in [-0.05, 0) is 38.5 Å². The zero-order valence-corrected chi connectivity index (χ0v) is 16.6. The summed E-state index contributed by atoms with van der Waals surface area (Å²) in [6.07, 6.45) is 0. The number of sulfone groups is 1. The molecule has 28 heavy (non-hydrogen) atoms. The van der Waals surface area contributed by atoms with E-state index in [9.17, 15) is 8.42 Å². The molecule has 0 fully saturated rings. The van der Waals surface area contributed by atoms with Crippen molar-refractivity contribution in [2.24, 2.45) is 0 Å². The van der Waals surface area contributed by atoms with Crippen LogP contribution in [0, 0.1) is 6.92 Å². The number of aryl methyl sites for hydroxylation is 1. The van der Waals surface area contributed by atoms with Gasteiger partial charge >= 0.3 is 0 Å². The Morgan fingerprint density at radius 1 is 1.07 bits per heavy atom. The molecule has 2 aromatic carbocycles. The van der Waals surface area contributed by atoms with Gasteiger partial charge in [0.05, 0.1) is 15.7 Å². The van der Waals surface area contributed by atoms with Crippen molar-refractivity contribution in [3.05, 3.63) is 48.2 Å². The van der Waals surface area contributed by atoms with Gasteiger partial charge in [-0.25, -0.2) is 13.4 Å². The topological polar surface area (TPSA) is 118 Å². The molecular formula is C20H21N5O2S. The zero-order chi connectivity index (χ0) is 20.1. The van der Waals surface area contributed by atoms with Crippen LogP contribution in [0.2, 0.25) is 0 Å². The van der Waals surface area contributed by atoms with Gasteiger partial charge in [-0.15, -0.1) is 0 Å². The van der Waals surface area contributed by atoms with Crippen molar-refractivity contribution in [2.75, 3.05) is 5.73 Å². The van der Waals surface area contributed by atoms with Gasteiger partial charge in [0.1, 0.15) is 11.2 Å². The first-order valence-electron chi connectivity index (χ1n) is 8.93. The summed E-state index contributed by atoms with van der Waals surface area (Å²) in [4.78, 5) is 7.30. The molecule has 4 N–H and O–H groups in total. The molecule has 8 heteroatoms. The van der Waals surface area contributed by atoms with E-state index in [-0.39, 0.29) is 10.8 Å². The van der Waals surface area contributed by atoms with E-state index in [4.69, 9.17) is 5.73 Å². The molecular weight excluding hydrogens is 374 g/mol. The maximum absolute atomic E-state index is 13.0. The largest absolute Gasteiger partial charge is 0.369 e. The van der Waals surface area contributed by atoms with E-state index >= 15 is 0 Å². The smallest absolute Gasteiger partial charge is 0.198 e. The van der Waals surface area contributed by atoms with Crippen LogP contribution in [0.25, 0.3) is 33.4 Å². The molecule has 0 aliphatic carbocycles. The fourth-order valence-corrected chi connectivity index (χ4v) is 4.53. The van der Waals surface area contributed by atoms with Crippen molar-refractivity contribution in [2.45, 2.75) is 30.9 Å². The Morgan fingerprint density at radius 2 is 1.79 bits per heavy atom. The Hall–Kier alpha value is -3.13. The number of imidazole rings is 1. The van der Waals surface area contributed by atoms with E-state index in [1.54, 1.807) is 19.9 Å². The number of H-pyrrole nitrogens is 2. The average Bonchev–Trinajstić information content (AvgIpc) is 3.22. The van der Waals surface area contributed by atoms with Crippen molar-refractivity contribution >= 4 is 26.8 Å². The normalized spacial score (nSPS) is 12.1. The average molecular weight is 395 g/mol.